The summed E-state index contributed by atoms with van der Waals surface area (Å²) in [7, 11) is 3.25. The summed E-state index contributed by atoms with van der Waals surface area (Å²) in [5.41, 5.74) is 1.53. The molecule has 0 bridgehead atoms. The molecule has 0 unspecified atom stereocenters. The van der Waals surface area contributed by atoms with Crippen molar-refractivity contribution >= 4 is 0 Å². The van der Waals surface area contributed by atoms with Crippen molar-refractivity contribution in [1.29, 1.82) is 5.26 Å². The van der Waals surface area contributed by atoms with Gasteiger partial charge in [0.25, 0.3) is 0 Å². The van der Waals surface area contributed by atoms with Crippen molar-refractivity contribution in [3.63, 3.8) is 0 Å². The Labute approximate surface area is 66.0 Å². The molecule has 0 atom stereocenters. The van der Waals surface area contributed by atoms with Crippen LogP contribution in [0.4, 0.5) is 0 Å². The fraction of sp³-hybridized carbons (Fsp3) is 0.111. The van der Waals surface area contributed by atoms with Crippen LogP contribution in [0, 0.1) is 18.4 Å². The number of rotatable bonds is 2. The van der Waals surface area contributed by atoms with Crippen LogP contribution < -0.4 is 0 Å². The minimum Gasteiger partial charge on any atom is -0.374 e. The lowest BCUT2D eigenvalue weighted by molar-refractivity contribution is 0.228. The maximum Gasteiger partial charge on any atom is 0.0995 e. The molecule has 0 saturated heterocycles. The van der Waals surface area contributed by atoms with Crippen molar-refractivity contribution in [3.8, 4) is 6.07 Å². The van der Waals surface area contributed by atoms with E-state index >= 15 is 0 Å². The third-order valence-corrected chi connectivity index (χ3v) is 1.40. The summed E-state index contributed by atoms with van der Waals surface area (Å²) in [5.74, 6) is 0. The van der Waals surface area contributed by atoms with Crippen LogP contribution in [0.1, 0.15) is 11.1 Å². The molecule has 11 heavy (non-hydrogen) atoms. The minimum absolute atomic E-state index is 0.393. The Morgan fingerprint density at radius 1 is 1.45 bits per heavy atom. The molecule has 55 valence electrons. The van der Waals surface area contributed by atoms with E-state index in [0.29, 0.717) is 12.2 Å². The lowest BCUT2D eigenvalue weighted by Gasteiger charge is -1.99. The summed E-state index contributed by atoms with van der Waals surface area (Å²) in [4.78, 5) is 0. The zero-order valence-corrected chi connectivity index (χ0v) is 6.08. The first-order valence-electron chi connectivity index (χ1n) is 3.23. The Morgan fingerprint density at radius 2 is 2.18 bits per heavy atom. The predicted molar refractivity (Wildman–Crippen MR) is 41.3 cm³/mol. The topological polar surface area (TPSA) is 33.0 Å². The Morgan fingerprint density at radius 3 is 2.82 bits per heavy atom. The van der Waals surface area contributed by atoms with E-state index in [-0.39, 0.29) is 0 Å². The second-order valence-corrected chi connectivity index (χ2v) is 2.12. The van der Waals surface area contributed by atoms with Gasteiger partial charge in [0.15, 0.2) is 0 Å². The van der Waals surface area contributed by atoms with E-state index < -0.39 is 0 Å². The smallest absolute Gasteiger partial charge is 0.0995 e. The molecule has 0 heterocycles. The molecule has 1 aromatic rings. The maximum absolute atomic E-state index is 8.62. The van der Waals surface area contributed by atoms with E-state index in [4.69, 9.17) is 5.26 Å². The molecule has 0 N–H and O–H groups in total. The third kappa shape index (κ3) is 1.79. The second-order valence-electron chi connectivity index (χ2n) is 2.12. The highest BCUT2D eigenvalue weighted by Gasteiger charge is 1.97. The number of hydrogen-bond donors (Lipinski definition) is 0. The maximum atomic E-state index is 8.62. The lowest BCUT2D eigenvalue weighted by atomic mass is 10.1. The summed E-state index contributed by atoms with van der Waals surface area (Å²) >= 11 is 0. The van der Waals surface area contributed by atoms with Crippen LogP contribution in [0.5, 0.6) is 0 Å². The number of nitrogens with zero attached hydrogens (tertiary/aromatic N) is 1. The van der Waals surface area contributed by atoms with Crippen molar-refractivity contribution in [2.75, 3.05) is 0 Å². The standard InChI is InChI=1S/C9H8NO/c1-11-7-9-5-3-2-4-8(9)6-10/h2-5H,1,7H2. The molecule has 1 aromatic carbocycles. The molecule has 2 nitrogen and oxygen atoms in total. The fourth-order valence-electron chi connectivity index (χ4n) is 0.865. The Kier molecular flexibility index (Phi) is 2.65. The van der Waals surface area contributed by atoms with E-state index in [1.54, 1.807) is 6.07 Å². The van der Waals surface area contributed by atoms with E-state index in [1.165, 1.54) is 0 Å². The fourth-order valence-corrected chi connectivity index (χ4v) is 0.865. The van der Waals surface area contributed by atoms with Gasteiger partial charge in [0.05, 0.1) is 25.3 Å². The highest BCUT2D eigenvalue weighted by molar-refractivity contribution is 5.36. The van der Waals surface area contributed by atoms with Crippen LogP contribution >= 0.6 is 0 Å². The molecule has 0 spiro atoms. The van der Waals surface area contributed by atoms with Crippen molar-refractivity contribution in [2.24, 2.45) is 0 Å². The SMILES string of the molecule is [CH2]OCc1ccccc1C#N. The van der Waals surface area contributed by atoms with Gasteiger partial charge in [-0.3, -0.25) is 0 Å². The normalized spacial score (nSPS) is 9.09. The molecule has 0 aliphatic heterocycles. The zero-order valence-electron chi connectivity index (χ0n) is 6.08. The molecule has 0 aliphatic carbocycles. The van der Waals surface area contributed by atoms with Crippen LogP contribution in [0.15, 0.2) is 24.3 Å². The number of hydrogen-bond acceptors (Lipinski definition) is 2. The number of benzene rings is 1. The quantitative estimate of drug-likeness (QED) is 0.638. The van der Waals surface area contributed by atoms with Gasteiger partial charge in [0.1, 0.15) is 0 Å². The van der Waals surface area contributed by atoms with E-state index in [9.17, 15) is 0 Å². The first-order chi connectivity index (χ1) is 5.38. The summed E-state index contributed by atoms with van der Waals surface area (Å²) in [5, 5.41) is 8.62. The van der Waals surface area contributed by atoms with Gasteiger partial charge in [-0.2, -0.15) is 5.26 Å². The molecule has 2 heteroatoms. The monoisotopic (exact) mass is 146 g/mol. The molecule has 0 aliphatic rings. The average Bonchev–Trinajstić information content (AvgIpc) is 2.06. The molecular weight excluding hydrogens is 138 g/mol. The largest absolute Gasteiger partial charge is 0.374 e. The first-order valence-corrected chi connectivity index (χ1v) is 3.23. The molecule has 0 amide bonds. The summed E-state index contributed by atoms with van der Waals surface area (Å²) in [6, 6.07) is 9.38. The van der Waals surface area contributed by atoms with Gasteiger partial charge in [-0.15, -0.1) is 0 Å². The summed E-state index contributed by atoms with van der Waals surface area (Å²) in [6.45, 7) is 0.393. The average molecular weight is 146 g/mol. The molecule has 0 aromatic heterocycles. The zero-order chi connectivity index (χ0) is 8.10. The van der Waals surface area contributed by atoms with Gasteiger partial charge >= 0.3 is 0 Å². The van der Waals surface area contributed by atoms with Crippen LogP contribution in [0.3, 0.4) is 0 Å². The van der Waals surface area contributed by atoms with Crippen molar-refractivity contribution in [3.05, 3.63) is 42.5 Å². The van der Waals surface area contributed by atoms with Gasteiger partial charge in [-0.1, -0.05) is 18.2 Å². The Hall–Kier alpha value is -1.33. The van der Waals surface area contributed by atoms with Crippen LogP contribution in [0.25, 0.3) is 0 Å². The Bertz CT molecular complexity index is 275. The number of nitriles is 1. The van der Waals surface area contributed by atoms with Gasteiger partial charge in [0.2, 0.25) is 0 Å². The lowest BCUT2D eigenvalue weighted by Crippen LogP contribution is -1.89. The van der Waals surface area contributed by atoms with Gasteiger partial charge in [-0.25, -0.2) is 0 Å². The van der Waals surface area contributed by atoms with Crippen LogP contribution in [-0.2, 0) is 11.3 Å². The molecule has 1 radical (unpaired) electrons. The Balaban J connectivity index is 2.95. The van der Waals surface area contributed by atoms with E-state index in [1.807, 2.05) is 18.2 Å². The summed E-state index contributed by atoms with van der Waals surface area (Å²) in [6.07, 6.45) is 0. The van der Waals surface area contributed by atoms with Crippen molar-refractivity contribution in [1.82, 2.24) is 0 Å². The summed E-state index contributed by atoms with van der Waals surface area (Å²) < 4.78 is 4.67. The minimum atomic E-state index is 0.393. The van der Waals surface area contributed by atoms with Crippen LogP contribution in [-0.4, -0.2) is 0 Å². The van der Waals surface area contributed by atoms with E-state index in [2.05, 4.69) is 17.9 Å². The number of ether oxygens (including phenoxy) is 1. The van der Waals surface area contributed by atoms with Crippen LogP contribution in [0.2, 0.25) is 0 Å². The van der Waals surface area contributed by atoms with Gasteiger partial charge in [0, 0.05) is 0 Å². The van der Waals surface area contributed by atoms with Crippen molar-refractivity contribution in [2.45, 2.75) is 6.61 Å². The van der Waals surface area contributed by atoms with Gasteiger partial charge in [-0.05, 0) is 11.6 Å². The highest BCUT2D eigenvalue weighted by Crippen LogP contribution is 2.07. The van der Waals surface area contributed by atoms with E-state index in [0.717, 1.165) is 5.56 Å². The first kappa shape index (κ1) is 7.77. The second kappa shape index (κ2) is 3.75. The molecular formula is C9H8NO. The molecule has 1 rings (SSSR count). The van der Waals surface area contributed by atoms with Crippen molar-refractivity contribution < 1.29 is 4.74 Å². The van der Waals surface area contributed by atoms with Gasteiger partial charge < -0.3 is 4.74 Å². The molecule has 0 fully saturated rings. The predicted octanol–water partition coefficient (Wildman–Crippen LogP) is 1.87. The highest BCUT2D eigenvalue weighted by atomic mass is 16.5. The third-order valence-electron chi connectivity index (χ3n) is 1.40. The molecule has 0 saturated carbocycles.